The van der Waals surface area contributed by atoms with E-state index in [4.69, 9.17) is 15.3 Å². The van der Waals surface area contributed by atoms with Crippen LogP contribution in [0.1, 0.15) is 5.56 Å². The molecule has 0 aliphatic carbocycles. The van der Waals surface area contributed by atoms with Gasteiger partial charge in [0.05, 0.1) is 0 Å². The maximum absolute atomic E-state index is 10.1. The third kappa shape index (κ3) is 3.51. The number of aliphatic carboxylic acids is 1. The van der Waals surface area contributed by atoms with Gasteiger partial charge in [-0.3, -0.25) is 0 Å². The molecule has 0 fully saturated rings. The normalized spacial score (nSPS) is 9.71. The summed E-state index contributed by atoms with van der Waals surface area (Å²) in [6, 6.07) is 4.06. The number of carboxylic acids is 1. The van der Waals surface area contributed by atoms with Crippen molar-refractivity contribution in [2.45, 2.75) is 0 Å². The number of aromatic hydroxyl groups is 2. The van der Waals surface area contributed by atoms with Crippen LogP contribution in [0.4, 0.5) is 0 Å². The molecule has 5 heteroatoms. The molecule has 0 aromatic heterocycles. The van der Waals surface area contributed by atoms with Crippen molar-refractivity contribution in [2.75, 3.05) is 0 Å². The minimum absolute atomic E-state index is 0. The summed E-state index contributed by atoms with van der Waals surface area (Å²) in [4.78, 5) is 10.1. The fraction of sp³-hybridized carbons (Fsp3) is 0. The van der Waals surface area contributed by atoms with Gasteiger partial charge in [0, 0.05) is 23.1 Å². The number of hydrogen-bond donors (Lipinski definition) is 3. The largest absolute Gasteiger partial charge is 0.504 e. The molecule has 3 N–H and O–H groups in total. The van der Waals surface area contributed by atoms with Gasteiger partial charge in [-0.25, -0.2) is 4.79 Å². The van der Waals surface area contributed by atoms with E-state index in [2.05, 4.69) is 0 Å². The van der Waals surface area contributed by atoms with Gasteiger partial charge in [-0.05, 0) is 23.8 Å². The maximum atomic E-state index is 10.1. The van der Waals surface area contributed by atoms with Crippen molar-refractivity contribution in [1.82, 2.24) is 0 Å². The summed E-state index contributed by atoms with van der Waals surface area (Å²) in [5, 5.41) is 26.3. The molecule has 0 aliphatic heterocycles. The van der Waals surface area contributed by atoms with Gasteiger partial charge in [0.1, 0.15) is 0 Å². The van der Waals surface area contributed by atoms with Gasteiger partial charge in [-0.1, -0.05) is 6.07 Å². The molecule has 0 aliphatic rings. The molecule has 1 aromatic carbocycles. The van der Waals surface area contributed by atoms with Crippen molar-refractivity contribution < 1.29 is 37.2 Å². The molecule has 0 atom stereocenters. The van der Waals surface area contributed by atoms with Gasteiger partial charge in [-0.2, -0.15) is 0 Å². The van der Waals surface area contributed by atoms with Crippen molar-refractivity contribution in [3.05, 3.63) is 29.8 Å². The summed E-state index contributed by atoms with van der Waals surface area (Å²) in [6.45, 7) is 0. The second-order valence-electron chi connectivity index (χ2n) is 2.42. The minimum Gasteiger partial charge on any atom is -0.504 e. The monoisotopic (exact) mass is 236 g/mol. The molecule has 1 aromatic rings. The Labute approximate surface area is 91.0 Å². The van der Waals surface area contributed by atoms with Crippen LogP contribution in [0.15, 0.2) is 24.3 Å². The van der Waals surface area contributed by atoms with Crippen molar-refractivity contribution in [1.29, 1.82) is 0 Å². The molecular formula is C9H8FeO4. The van der Waals surface area contributed by atoms with Gasteiger partial charge >= 0.3 is 5.97 Å². The van der Waals surface area contributed by atoms with E-state index < -0.39 is 5.97 Å². The summed E-state index contributed by atoms with van der Waals surface area (Å²) in [5.41, 5.74) is 0.512. The predicted octanol–water partition coefficient (Wildman–Crippen LogP) is 1.19. The number of carboxylic acid groups (broad SMARTS) is 1. The van der Waals surface area contributed by atoms with Crippen LogP contribution in [0.5, 0.6) is 11.5 Å². The molecule has 0 unspecified atom stereocenters. The average molecular weight is 236 g/mol. The molecule has 0 bridgehead atoms. The predicted molar refractivity (Wildman–Crippen MR) is 46.4 cm³/mol. The van der Waals surface area contributed by atoms with E-state index in [-0.39, 0.29) is 28.6 Å². The number of benzene rings is 1. The van der Waals surface area contributed by atoms with Gasteiger partial charge in [0.15, 0.2) is 11.5 Å². The zero-order chi connectivity index (χ0) is 9.84. The third-order valence-corrected chi connectivity index (χ3v) is 1.42. The summed E-state index contributed by atoms with van der Waals surface area (Å²) in [5.74, 6) is -1.56. The summed E-state index contributed by atoms with van der Waals surface area (Å²) in [6.07, 6.45) is 2.27. The molecule has 4 nitrogen and oxygen atoms in total. The smallest absolute Gasteiger partial charge is 0.328 e. The second-order valence-corrected chi connectivity index (χ2v) is 2.42. The number of phenols is 2. The quantitative estimate of drug-likeness (QED) is 0.409. The van der Waals surface area contributed by atoms with Crippen LogP contribution in [-0.2, 0) is 21.9 Å². The summed E-state index contributed by atoms with van der Waals surface area (Å²) in [7, 11) is 0. The molecule has 1 rings (SSSR count). The van der Waals surface area contributed by atoms with E-state index in [0.717, 1.165) is 6.08 Å². The fourth-order valence-corrected chi connectivity index (χ4v) is 0.812. The van der Waals surface area contributed by atoms with Crippen LogP contribution in [0.25, 0.3) is 6.08 Å². The van der Waals surface area contributed by atoms with E-state index in [0.29, 0.717) is 5.56 Å². The first-order chi connectivity index (χ1) is 6.09. The SMILES string of the molecule is O=C(O)/C=C/c1ccc(O)c(O)c1.[Fe]. The average Bonchev–Trinajstić information content (AvgIpc) is 2.07. The maximum Gasteiger partial charge on any atom is 0.328 e. The Kier molecular flexibility index (Phi) is 4.77. The minimum atomic E-state index is -1.06. The van der Waals surface area contributed by atoms with E-state index in [9.17, 15) is 4.79 Å². The summed E-state index contributed by atoms with van der Waals surface area (Å²) >= 11 is 0. The van der Waals surface area contributed by atoms with Crippen LogP contribution >= 0.6 is 0 Å². The van der Waals surface area contributed by atoms with Crippen LogP contribution in [0.3, 0.4) is 0 Å². The Morgan fingerprint density at radius 1 is 1.21 bits per heavy atom. The number of phenolic OH excluding ortho intramolecular Hbond substituents is 2. The molecule has 0 saturated carbocycles. The molecule has 0 saturated heterocycles. The Morgan fingerprint density at radius 2 is 1.86 bits per heavy atom. The van der Waals surface area contributed by atoms with Gasteiger partial charge in [0.25, 0.3) is 0 Å². The first kappa shape index (κ1) is 12.5. The van der Waals surface area contributed by atoms with Crippen molar-refractivity contribution in [2.24, 2.45) is 0 Å². The Bertz CT molecular complexity index is 360. The molecule has 0 radical (unpaired) electrons. The molecule has 0 amide bonds. The first-order valence-electron chi connectivity index (χ1n) is 3.52. The van der Waals surface area contributed by atoms with Crippen LogP contribution in [-0.4, -0.2) is 21.3 Å². The van der Waals surface area contributed by atoms with Crippen molar-refractivity contribution >= 4 is 12.0 Å². The molecule has 0 heterocycles. The second kappa shape index (κ2) is 5.32. The Morgan fingerprint density at radius 3 is 2.36 bits per heavy atom. The van der Waals surface area contributed by atoms with E-state index in [1.165, 1.54) is 24.3 Å². The van der Waals surface area contributed by atoms with E-state index in [1.54, 1.807) is 0 Å². The van der Waals surface area contributed by atoms with E-state index >= 15 is 0 Å². The zero-order valence-electron chi connectivity index (χ0n) is 6.99. The fourth-order valence-electron chi connectivity index (χ4n) is 0.812. The third-order valence-electron chi connectivity index (χ3n) is 1.42. The molecular weight excluding hydrogens is 228 g/mol. The number of carbonyl (C=O) groups is 1. The first-order valence-corrected chi connectivity index (χ1v) is 3.52. The van der Waals surface area contributed by atoms with Gasteiger partial charge in [-0.15, -0.1) is 0 Å². The van der Waals surface area contributed by atoms with Crippen molar-refractivity contribution in [3.8, 4) is 11.5 Å². The number of hydrogen-bond acceptors (Lipinski definition) is 3. The van der Waals surface area contributed by atoms with E-state index in [1.807, 2.05) is 0 Å². The zero-order valence-corrected chi connectivity index (χ0v) is 8.09. The Balaban J connectivity index is 0.00000169. The molecule has 14 heavy (non-hydrogen) atoms. The Hall–Kier alpha value is -1.45. The van der Waals surface area contributed by atoms with Crippen molar-refractivity contribution in [3.63, 3.8) is 0 Å². The van der Waals surface area contributed by atoms with Gasteiger partial charge < -0.3 is 15.3 Å². The molecule has 0 spiro atoms. The van der Waals surface area contributed by atoms with Crippen LogP contribution in [0, 0.1) is 0 Å². The molecule has 76 valence electrons. The van der Waals surface area contributed by atoms with Gasteiger partial charge in [0.2, 0.25) is 0 Å². The number of rotatable bonds is 2. The summed E-state index contributed by atoms with van der Waals surface area (Å²) < 4.78 is 0. The standard InChI is InChI=1S/C9H8O4.Fe/c10-7-3-1-6(5-8(7)11)2-4-9(12)13;/h1-5,10-11H,(H,12,13);/b4-2+;. The topological polar surface area (TPSA) is 77.8 Å². The van der Waals surface area contributed by atoms with Crippen LogP contribution < -0.4 is 0 Å². The van der Waals surface area contributed by atoms with Crippen LogP contribution in [0.2, 0.25) is 0 Å².